The maximum atomic E-state index is 14.4. The van der Waals surface area contributed by atoms with Gasteiger partial charge in [-0.05, 0) is 47.4 Å². The van der Waals surface area contributed by atoms with Crippen molar-refractivity contribution >= 4 is 0 Å². The summed E-state index contributed by atoms with van der Waals surface area (Å²) in [4.78, 5) is 13.6. The van der Waals surface area contributed by atoms with Crippen molar-refractivity contribution in [3.05, 3.63) is 117 Å². The molecule has 0 saturated heterocycles. The minimum absolute atomic E-state index is 0.199. The van der Waals surface area contributed by atoms with E-state index in [1.54, 1.807) is 25.3 Å². The van der Waals surface area contributed by atoms with E-state index in [-0.39, 0.29) is 24.3 Å². The van der Waals surface area contributed by atoms with E-state index in [1.807, 2.05) is 61.5 Å². The predicted octanol–water partition coefficient (Wildman–Crippen LogP) is 4.66. The van der Waals surface area contributed by atoms with E-state index in [0.29, 0.717) is 28.1 Å². The Balaban J connectivity index is 1.85. The lowest BCUT2D eigenvalue weighted by Gasteiger charge is -2.18. The van der Waals surface area contributed by atoms with Gasteiger partial charge >= 0.3 is 0 Å². The number of benzene rings is 3. The Morgan fingerprint density at radius 1 is 1.03 bits per heavy atom. The van der Waals surface area contributed by atoms with E-state index < -0.39 is 6.04 Å². The van der Waals surface area contributed by atoms with Crippen LogP contribution in [0.3, 0.4) is 0 Å². The molecule has 6 heteroatoms. The summed E-state index contributed by atoms with van der Waals surface area (Å²) in [6.07, 6.45) is 0.260. The van der Waals surface area contributed by atoms with Crippen LogP contribution >= 0.6 is 0 Å². The molecule has 2 N–H and O–H groups in total. The minimum Gasteiger partial charge on any atom is -0.497 e. The maximum absolute atomic E-state index is 14.4. The number of hydrogen-bond acceptors (Lipinski definition) is 4. The van der Waals surface area contributed by atoms with E-state index in [4.69, 9.17) is 10.5 Å². The van der Waals surface area contributed by atoms with Crippen LogP contribution in [0.15, 0.2) is 83.7 Å². The zero-order valence-corrected chi connectivity index (χ0v) is 18.7. The fourth-order valence-electron chi connectivity index (χ4n) is 3.92. The maximum Gasteiger partial charge on any atom is 0.274 e. The standard InChI is InChI=1S/C27H26FN3O2/c1-18-25(16-20-11-6-7-14-23(20)28)30-31(17-24(29)19-9-4-3-5-10-19)27(32)26(18)21-12-8-13-22(15-21)33-2/h3-15,24H,16-17,29H2,1-2H3. The molecule has 1 atom stereocenters. The Labute approximate surface area is 192 Å². The highest BCUT2D eigenvalue weighted by atomic mass is 19.1. The topological polar surface area (TPSA) is 70.1 Å². The first-order valence-electron chi connectivity index (χ1n) is 10.8. The van der Waals surface area contributed by atoms with Gasteiger partial charge in [-0.1, -0.05) is 60.7 Å². The molecule has 0 aliphatic carbocycles. The highest BCUT2D eigenvalue weighted by molar-refractivity contribution is 5.68. The summed E-state index contributed by atoms with van der Waals surface area (Å²) in [6.45, 7) is 2.05. The zero-order valence-electron chi connectivity index (χ0n) is 18.7. The molecule has 0 aliphatic heterocycles. The van der Waals surface area contributed by atoms with Crippen molar-refractivity contribution in [2.24, 2.45) is 5.73 Å². The number of ether oxygens (including phenoxy) is 1. The number of rotatable bonds is 7. The van der Waals surface area contributed by atoms with E-state index in [1.165, 1.54) is 10.7 Å². The molecule has 0 amide bonds. The number of hydrogen-bond donors (Lipinski definition) is 1. The van der Waals surface area contributed by atoms with Crippen LogP contribution in [0.4, 0.5) is 4.39 Å². The van der Waals surface area contributed by atoms with Crippen LogP contribution in [0.2, 0.25) is 0 Å². The molecule has 33 heavy (non-hydrogen) atoms. The fourth-order valence-corrected chi connectivity index (χ4v) is 3.92. The molecule has 4 rings (SSSR count). The van der Waals surface area contributed by atoms with Gasteiger partial charge in [0, 0.05) is 12.5 Å². The Hall–Kier alpha value is -3.77. The highest BCUT2D eigenvalue weighted by Gasteiger charge is 2.19. The number of nitrogens with two attached hydrogens (primary N) is 1. The Kier molecular flexibility index (Phi) is 6.66. The van der Waals surface area contributed by atoms with Crippen molar-refractivity contribution in [3.8, 4) is 16.9 Å². The first-order valence-corrected chi connectivity index (χ1v) is 10.8. The lowest BCUT2D eigenvalue weighted by atomic mass is 9.97. The van der Waals surface area contributed by atoms with Crippen molar-refractivity contribution < 1.29 is 9.13 Å². The lowest BCUT2D eigenvalue weighted by molar-refractivity contribution is 0.415. The van der Waals surface area contributed by atoms with Gasteiger partial charge in [0.25, 0.3) is 5.56 Å². The Bertz CT molecular complexity index is 1320. The van der Waals surface area contributed by atoms with Gasteiger partial charge in [-0.2, -0.15) is 5.10 Å². The quantitative estimate of drug-likeness (QED) is 0.451. The predicted molar refractivity (Wildman–Crippen MR) is 128 cm³/mol. The average molecular weight is 444 g/mol. The van der Waals surface area contributed by atoms with Crippen LogP contribution in [-0.2, 0) is 13.0 Å². The van der Waals surface area contributed by atoms with Gasteiger partial charge in [0.05, 0.1) is 24.9 Å². The molecule has 1 aromatic heterocycles. The summed E-state index contributed by atoms with van der Waals surface area (Å²) in [5.74, 6) is 0.340. The van der Waals surface area contributed by atoms with Crippen LogP contribution in [0, 0.1) is 12.7 Å². The smallest absolute Gasteiger partial charge is 0.274 e. The van der Waals surface area contributed by atoms with Crippen molar-refractivity contribution in [3.63, 3.8) is 0 Å². The molecular weight excluding hydrogens is 417 g/mol. The minimum atomic E-state index is -0.418. The van der Waals surface area contributed by atoms with E-state index in [0.717, 1.165) is 11.1 Å². The molecule has 0 fully saturated rings. The zero-order chi connectivity index (χ0) is 23.4. The molecule has 0 aliphatic rings. The summed E-state index contributed by atoms with van der Waals surface area (Å²) >= 11 is 0. The summed E-state index contributed by atoms with van der Waals surface area (Å²) < 4.78 is 21.2. The molecule has 168 valence electrons. The number of halogens is 1. The second-order valence-corrected chi connectivity index (χ2v) is 7.95. The van der Waals surface area contributed by atoms with Gasteiger partial charge in [0.1, 0.15) is 11.6 Å². The third kappa shape index (κ3) is 4.86. The molecule has 0 spiro atoms. The first-order chi connectivity index (χ1) is 16.0. The van der Waals surface area contributed by atoms with Gasteiger partial charge in [-0.15, -0.1) is 0 Å². The van der Waals surface area contributed by atoms with Crippen molar-refractivity contribution in [2.45, 2.75) is 25.9 Å². The summed E-state index contributed by atoms with van der Waals surface area (Å²) in [6, 6.07) is 23.1. The molecule has 1 unspecified atom stereocenters. The van der Waals surface area contributed by atoms with Crippen LogP contribution < -0.4 is 16.0 Å². The van der Waals surface area contributed by atoms with Gasteiger partial charge < -0.3 is 10.5 Å². The monoisotopic (exact) mass is 443 g/mol. The van der Waals surface area contributed by atoms with Crippen molar-refractivity contribution in [1.82, 2.24) is 9.78 Å². The second kappa shape index (κ2) is 9.79. The van der Waals surface area contributed by atoms with E-state index in [9.17, 15) is 9.18 Å². The second-order valence-electron chi connectivity index (χ2n) is 7.95. The summed E-state index contributed by atoms with van der Waals surface area (Å²) in [5.41, 5.74) is 10.2. The molecule has 4 aromatic rings. The average Bonchev–Trinajstić information content (AvgIpc) is 2.84. The largest absolute Gasteiger partial charge is 0.497 e. The number of nitrogens with zero attached hydrogens (tertiary/aromatic N) is 2. The summed E-state index contributed by atoms with van der Waals surface area (Å²) in [7, 11) is 1.58. The van der Waals surface area contributed by atoms with Gasteiger partial charge in [0.15, 0.2) is 0 Å². The molecule has 0 radical (unpaired) electrons. The van der Waals surface area contributed by atoms with E-state index in [2.05, 4.69) is 5.10 Å². The molecule has 3 aromatic carbocycles. The highest BCUT2D eigenvalue weighted by Crippen LogP contribution is 2.26. The molecule has 0 bridgehead atoms. The van der Waals surface area contributed by atoms with Crippen LogP contribution in [0.25, 0.3) is 11.1 Å². The van der Waals surface area contributed by atoms with Crippen LogP contribution in [0.5, 0.6) is 5.75 Å². The third-order valence-electron chi connectivity index (χ3n) is 5.77. The molecule has 1 heterocycles. The third-order valence-corrected chi connectivity index (χ3v) is 5.77. The Morgan fingerprint density at radius 3 is 2.48 bits per heavy atom. The molecule has 0 saturated carbocycles. The van der Waals surface area contributed by atoms with Crippen molar-refractivity contribution in [2.75, 3.05) is 7.11 Å². The van der Waals surface area contributed by atoms with Crippen LogP contribution in [0.1, 0.15) is 28.4 Å². The summed E-state index contributed by atoms with van der Waals surface area (Å²) in [5, 5.41) is 4.63. The molecule has 5 nitrogen and oxygen atoms in total. The Morgan fingerprint density at radius 2 is 1.76 bits per heavy atom. The van der Waals surface area contributed by atoms with Gasteiger partial charge in [-0.25, -0.2) is 9.07 Å². The SMILES string of the molecule is COc1cccc(-c2c(C)c(Cc3ccccc3F)nn(CC(N)c3ccccc3)c2=O)c1. The normalized spacial score (nSPS) is 11.9. The van der Waals surface area contributed by atoms with Crippen LogP contribution in [-0.4, -0.2) is 16.9 Å². The van der Waals surface area contributed by atoms with Crippen molar-refractivity contribution in [1.29, 1.82) is 0 Å². The lowest BCUT2D eigenvalue weighted by Crippen LogP contribution is -2.31. The number of methoxy groups -OCH3 is 1. The fraction of sp³-hybridized carbons (Fsp3) is 0.185. The number of aromatic nitrogens is 2. The van der Waals surface area contributed by atoms with Gasteiger partial charge in [0.2, 0.25) is 0 Å². The first kappa shape index (κ1) is 22.4. The molecular formula is C27H26FN3O2. The van der Waals surface area contributed by atoms with E-state index >= 15 is 0 Å². The van der Waals surface area contributed by atoms with Gasteiger partial charge in [-0.3, -0.25) is 4.79 Å².